The van der Waals surface area contributed by atoms with Crippen molar-refractivity contribution in [1.29, 1.82) is 0 Å². The minimum Gasteiger partial charge on any atom is -0.507 e. The van der Waals surface area contributed by atoms with E-state index in [4.69, 9.17) is 5.11 Å². The van der Waals surface area contributed by atoms with Crippen molar-refractivity contribution < 1.29 is 15.0 Å². The highest BCUT2D eigenvalue weighted by atomic mass is 27.0. The zero-order valence-electron chi connectivity index (χ0n) is 8.53. The minimum atomic E-state index is -1.11. The van der Waals surface area contributed by atoms with Crippen molar-refractivity contribution in [1.82, 2.24) is 0 Å². The van der Waals surface area contributed by atoms with Crippen molar-refractivity contribution >= 4 is 23.3 Å². The molecular weight excluding hydrogens is 207 g/mol. The Labute approximate surface area is 99.9 Å². The summed E-state index contributed by atoms with van der Waals surface area (Å²) in [5.41, 5.74) is 0.770. The smallest absolute Gasteiger partial charge is 0.339 e. The van der Waals surface area contributed by atoms with Crippen LogP contribution >= 0.6 is 0 Å². The van der Waals surface area contributed by atoms with Gasteiger partial charge in [-0.3, -0.25) is 0 Å². The van der Waals surface area contributed by atoms with Crippen LogP contribution in [0.25, 0.3) is 0 Å². The molecule has 2 N–H and O–H groups in total. The fraction of sp³-hybridized carbons (Fsp3) is 0.364. The van der Waals surface area contributed by atoms with Crippen LogP contribution in [0.15, 0.2) is 18.2 Å². The van der Waals surface area contributed by atoms with E-state index in [0.29, 0.717) is 0 Å². The van der Waals surface area contributed by atoms with E-state index in [1.165, 1.54) is 12.1 Å². The summed E-state index contributed by atoms with van der Waals surface area (Å²) in [4.78, 5) is 10.6. The van der Waals surface area contributed by atoms with Gasteiger partial charge in [0.15, 0.2) is 17.4 Å². The maximum absolute atomic E-state index is 10.6. The Morgan fingerprint density at radius 2 is 1.80 bits per heavy atom. The molecule has 3 nitrogen and oxygen atoms in total. The predicted molar refractivity (Wildman–Crippen MR) is 63.7 cm³/mol. The van der Waals surface area contributed by atoms with Gasteiger partial charge in [0.05, 0.1) is 0 Å². The number of carbonyl (C=O) groups is 1. The van der Waals surface area contributed by atoms with E-state index < -0.39 is 5.97 Å². The molecule has 0 unspecified atom stereocenters. The molecule has 0 spiro atoms. The molecule has 0 radical (unpaired) electrons. The summed E-state index contributed by atoms with van der Waals surface area (Å²) in [6.07, 6.45) is 0. The lowest BCUT2D eigenvalue weighted by Gasteiger charge is -2.19. The first-order valence-corrected chi connectivity index (χ1v) is 4.39. The molecule has 0 aliphatic carbocycles. The van der Waals surface area contributed by atoms with Crippen molar-refractivity contribution in [2.75, 3.05) is 0 Å². The summed E-state index contributed by atoms with van der Waals surface area (Å²) in [7, 11) is 0. The lowest BCUT2D eigenvalue weighted by atomic mass is 9.86. The standard InChI is InChI=1S/C11H14O3.Al.3H/c1-11(2,3)7-4-5-8(10(13)14)9(12)6-7;;;;/h4-6,12H,1-3H3,(H,13,14);;;;. The van der Waals surface area contributed by atoms with Crippen LogP contribution in [-0.2, 0) is 5.41 Å². The van der Waals surface area contributed by atoms with Crippen LogP contribution in [0.5, 0.6) is 5.75 Å². The third kappa shape index (κ3) is 3.26. The molecule has 0 saturated heterocycles. The van der Waals surface area contributed by atoms with Gasteiger partial charge in [0.1, 0.15) is 11.3 Å². The average Bonchev–Trinajstić information content (AvgIpc) is 2.01. The molecule has 1 aromatic carbocycles. The number of aromatic hydroxyl groups is 1. The Morgan fingerprint density at radius 3 is 2.13 bits per heavy atom. The second kappa shape index (κ2) is 4.70. The first-order valence-electron chi connectivity index (χ1n) is 4.39. The summed E-state index contributed by atoms with van der Waals surface area (Å²) in [6.45, 7) is 6.01. The zero-order valence-corrected chi connectivity index (χ0v) is 8.53. The maximum Gasteiger partial charge on any atom is 0.339 e. The Balaban J connectivity index is 0.00000196. The van der Waals surface area contributed by atoms with Gasteiger partial charge in [0.25, 0.3) is 0 Å². The van der Waals surface area contributed by atoms with Gasteiger partial charge in [0.2, 0.25) is 0 Å². The molecule has 0 amide bonds. The van der Waals surface area contributed by atoms with E-state index >= 15 is 0 Å². The molecule has 0 bridgehead atoms. The average molecular weight is 224 g/mol. The molecule has 0 aliphatic rings. The lowest BCUT2D eigenvalue weighted by molar-refractivity contribution is 0.0693. The summed E-state index contributed by atoms with van der Waals surface area (Å²) in [6, 6.07) is 4.66. The third-order valence-electron chi connectivity index (χ3n) is 2.09. The molecule has 0 atom stereocenters. The van der Waals surface area contributed by atoms with Crippen molar-refractivity contribution in [3.63, 3.8) is 0 Å². The number of rotatable bonds is 1. The van der Waals surface area contributed by atoms with Gasteiger partial charge >= 0.3 is 5.97 Å². The van der Waals surface area contributed by atoms with Crippen LogP contribution < -0.4 is 0 Å². The normalized spacial score (nSPS) is 10.6. The molecule has 1 rings (SSSR count). The van der Waals surface area contributed by atoms with Crippen molar-refractivity contribution in [3.05, 3.63) is 29.3 Å². The molecule has 0 fully saturated rings. The van der Waals surface area contributed by atoms with E-state index in [1.807, 2.05) is 20.8 Å². The fourth-order valence-corrected chi connectivity index (χ4v) is 1.18. The second-order valence-electron chi connectivity index (χ2n) is 4.29. The van der Waals surface area contributed by atoms with Crippen molar-refractivity contribution in [2.45, 2.75) is 26.2 Å². The molecule has 4 heteroatoms. The van der Waals surface area contributed by atoms with E-state index in [2.05, 4.69) is 0 Å². The number of hydrogen-bond donors (Lipinski definition) is 2. The highest BCUT2D eigenvalue weighted by Gasteiger charge is 2.17. The summed E-state index contributed by atoms with van der Waals surface area (Å²) < 4.78 is 0. The maximum atomic E-state index is 10.6. The van der Waals surface area contributed by atoms with Gasteiger partial charge < -0.3 is 10.2 Å². The van der Waals surface area contributed by atoms with E-state index in [1.54, 1.807) is 6.07 Å². The van der Waals surface area contributed by atoms with Gasteiger partial charge in [-0.25, -0.2) is 4.79 Å². The molecule has 0 saturated carbocycles. The number of hydrogen-bond acceptors (Lipinski definition) is 2. The summed E-state index contributed by atoms with van der Waals surface area (Å²) in [5, 5.41) is 18.1. The molecule has 0 aromatic heterocycles. The van der Waals surface area contributed by atoms with E-state index in [9.17, 15) is 9.90 Å². The van der Waals surface area contributed by atoms with Crippen LogP contribution in [0.4, 0.5) is 0 Å². The van der Waals surface area contributed by atoms with Gasteiger partial charge in [-0.15, -0.1) is 0 Å². The van der Waals surface area contributed by atoms with E-state index in [0.717, 1.165) is 5.56 Å². The largest absolute Gasteiger partial charge is 0.507 e. The first kappa shape index (κ1) is 14.0. The lowest BCUT2D eigenvalue weighted by Crippen LogP contribution is -2.11. The molecule has 0 aliphatic heterocycles. The van der Waals surface area contributed by atoms with Crippen molar-refractivity contribution in [3.8, 4) is 5.75 Å². The zero-order chi connectivity index (χ0) is 10.9. The number of carboxylic acids is 1. The summed E-state index contributed by atoms with van der Waals surface area (Å²) in [5.74, 6) is -1.28. The van der Waals surface area contributed by atoms with Gasteiger partial charge in [-0.1, -0.05) is 26.8 Å². The van der Waals surface area contributed by atoms with Gasteiger partial charge in [-0.05, 0) is 23.1 Å². The topological polar surface area (TPSA) is 57.5 Å². The molecule has 15 heavy (non-hydrogen) atoms. The van der Waals surface area contributed by atoms with E-state index in [-0.39, 0.29) is 34.1 Å². The number of phenols is 1. The number of carboxylic acid groups (broad SMARTS) is 1. The molecule has 82 valence electrons. The fourth-order valence-electron chi connectivity index (χ4n) is 1.18. The van der Waals surface area contributed by atoms with Crippen LogP contribution in [0.2, 0.25) is 0 Å². The Kier molecular flexibility index (Phi) is 4.39. The van der Waals surface area contributed by atoms with Crippen LogP contribution in [0.3, 0.4) is 0 Å². The molecule has 0 heterocycles. The third-order valence-corrected chi connectivity index (χ3v) is 2.09. The highest BCUT2D eigenvalue weighted by molar-refractivity contribution is 5.90. The quantitative estimate of drug-likeness (QED) is 0.705. The summed E-state index contributed by atoms with van der Waals surface area (Å²) >= 11 is 0. The van der Waals surface area contributed by atoms with Crippen LogP contribution in [0.1, 0.15) is 36.7 Å². The monoisotopic (exact) mass is 224 g/mol. The van der Waals surface area contributed by atoms with Gasteiger partial charge in [-0.2, -0.15) is 0 Å². The first-order chi connectivity index (χ1) is 6.32. The molecule has 1 aromatic rings. The highest BCUT2D eigenvalue weighted by Crippen LogP contribution is 2.27. The van der Waals surface area contributed by atoms with Crippen molar-refractivity contribution in [2.24, 2.45) is 0 Å². The number of aromatic carboxylic acids is 1. The SMILES string of the molecule is CC(C)(C)c1ccc(C(=O)O)c(O)c1.[AlH3]. The minimum absolute atomic E-state index is 0. The Hall–Kier alpha value is -0.978. The Bertz CT molecular complexity index is 367. The van der Waals surface area contributed by atoms with Gasteiger partial charge in [0, 0.05) is 0 Å². The van der Waals surface area contributed by atoms with Crippen LogP contribution in [-0.4, -0.2) is 33.5 Å². The van der Waals surface area contributed by atoms with Crippen LogP contribution in [0, 0.1) is 0 Å². The number of benzene rings is 1. The predicted octanol–water partition coefficient (Wildman–Crippen LogP) is 1.20. The second-order valence-corrected chi connectivity index (χ2v) is 4.29. The Morgan fingerprint density at radius 1 is 1.27 bits per heavy atom. The molecular formula is C11H17AlO3.